The Morgan fingerprint density at radius 1 is 1.07 bits per heavy atom. The Labute approximate surface area is 160 Å². The van der Waals surface area contributed by atoms with Crippen molar-refractivity contribution in [3.63, 3.8) is 0 Å². The van der Waals surface area contributed by atoms with Gasteiger partial charge in [0.2, 0.25) is 0 Å². The van der Waals surface area contributed by atoms with E-state index in [0.717, 1.165) is 33.3 Å². The number of anilines is 1. The number of nitrogens with zero attached hydrogens (tertiary/aromatic N) is 5. The number of nitrogens with one attached hydrogen (secondary N) is 1. The maximum absolute atomic E-state index is 5.92. The first-order chi connectivity index (χ1) is 13.7. The SMILES string of the molecule is NCc1cc2cc(-c3cccnc3)cc(Cn3cnc4c(N)ncnc43)c2[nH]1. The second-order valence-corrected chi connectivity index (χ2v) is 6.64. The average Bonchev–Trinajstić information content (AvgIpc) is 3.33. The minimum absolute atomic E-state index is 0.378. The minimum Gasteiger partial charge on any atom is -0.382 e. The number of rotatable bonds is 4. The highest BCUT2D eigenvalue weighted by Crippen LogP contribution is 2.29. The first-order valence-corrected chi connectivity index (χ1v) is 8.89. The zero-order chi connectivity index (χ0) is 19.1. The fourth-order valence-corrected chi connectivity index (χ4v) is 3.51. The number of H-pyrrole nitrogens is 1. The van der Waals surface area contributed by atoms with Crippen LogP contribution >= 0.6 is 0 Å². The summed E-state index contributed by atoms with van der Waals surface area (Å²) in [6, 6.07) is 10.4. The highest BCUT2D eigenvalue weighted by Gasteiger charge is 2.13. The molecule has 0 saturated carbocycles. The molecule has 0 radical (unpaired) electrons. The van der Waals surface area contributed by atoms with Crippen molar-refractivity contribution in [1.29, 1.82) is 0 Å². The van der Waals surface area contributed by atoms with Gasteiger partial charge in [-0.05, 0) is 35.4 Å². The predicted octanol–water partition coefficient (Wildman–Crippen LogP) is 2.46. The van der Waals surface area contributed by atoms with Crippen molar-refractivity contribution in [3.8, 4) is 11.1 Å². The Morgan fingerprint density at radius 2 is 2.00 bits per heavy atom. The molecule has 0 amide bonds. The van der Waals surface area contributed by atoms with Gasteiger partial charge in [-0.2, -0.15) is 0 Å². The van der Waals surface area contributed by atoms with Crippen LogP contribution in [0.3, 0.4) is 0 Å². The van der Waals surface area contributed by atoms with Crippen molar-refractivity contribution in [3.05, 3.63) is 66.6 Å². The molecule has 138 valence electrons. The number of imidazole rings is 1. The largest absolute Gasteiger partial charge is 0.382 e. The molecule has 1 aromatic carbocycles. The van der Waals surface area contributed by atoms with Gasteiger partial charge in [0.1, 0.15) is 11.8 Å². The molecular weight excluding hydrogens is 352 g/mol. The van der Waals surface area contributed by atoms with Gasteiger partial charge in [0.05, 0.1) is 18.4 Å². The average molecular weight is 370 g/mol. The molecule has 5 N–H and O–H groups in total. The van der Waals surface area contributed by atoms with Crippen LogP contribution in [0.25, 0.3) is 33.2 Å². The van der Waals surface area contributed by atoms with Crippen molar-refractivity contribution in [2.45, 2.75) is 13.1 Å². The molecule has 0 bridgehead atoms. The van der Waals surface area contributed by atoms with Crippen LogP contribution in [0.2, 0.25) is 0 Å². The normalized spacial score (nSPS) is 11.5. The monoisotopic (exact) mass is 370 g/mol. The molecule has 8 nitrogen and oxygen atoms in total. The fourth-order valence-electron chi connectivity index (χ4n) is 3.51. The van der Waals surface area contributed by atoms with Gasteiger partial charge in [-0.25, -0.2) is 15.0 Å². The molecule has 0 saturated heterocycles. The third-order valence-corrected chi connectivity index (χ3v) is 4.85. The molecule has 0 unspecified atom stereocenters. The lowest BCUT2D eigenvalue weighted by Gasteiger charge is -2.09. The summed E-state index contributed by atoms with van der Waals surface area (Å²) in [6.07, 6.45) is 6.83. The first-order valence-electron chi connectivity index (χ1n) is 8.89. The van der Waals surface area contributed by atoms with E-state index >= 15 is 0 Å². The van der Waals surface area contributed by atoms with Gasteiger partial charge in [0, 0.05) is 35.6 Å². The van der Waals surface area contributed by atoms with Crippen LogP contribution in [0.4, 0.5) is 5.82 Å². The van der Waals surface area contributed by atoms with E-state index in [0.29, 0.717) is 30.1 Å². The maximum atomic E-state index is 5.92. The molecule has 0 aliphatic carbocycles. The number of hydrogen-bond donors (Lipinski definition) is 3. The summed E-state index contributed by atoms with van der Waals surface area (Å²) in [5.74, 6) is 0.378. The smallest absolute Gasteiger partial charge is 0.165 e. The Balaban J connectivity index is 1.68. The van der Waals surface area contributed by atoms with E-state index in [2.05, 4.69) is 49.2 Å². The lowest BCUT2D eigenvalue weighted by molar-refractivity contribution is 0.817. The molecule has 4 aromatic heterocycles. The fraction of sp³-hybridized carbons (Fsp3) is 0.100. The topological polar surface area (TPSA) is 124 Å². The maximum Gasteiger partial charge on any atom is 0.165 e. The second kappa shape index (κ2) is 6.43. The highest BCUT2D eigenvalue weighted by atomic mass is 15.1. The third-order valence-electron chi connectivity index (χ3n) is 4.85. The molecule has 0 atom stereocenters. The van der Waals surface area contributed by atoms with Crippen LogP contribution in [0.15, 0.2) is 55.4 Å². The Bertz CT molecular complexity index is 1290. The number of aromatic amines is 1. The number of hydrogen-bond acceptors (Lipinski definition) is 6. The van der Waals surface area contributed by atoms with Gasteiger partial charge < -0.3 is 21.0 Å². The van der Waals surface area contributed by atoms with Crippen LogP contribution in [0.1, 0.15) is 11.3 Å². The summed E-state index contributed by atoms with van der Waals surface area (Å²) >= 11 is 0. The van der Waals surface area contributed by atoms with Crippen molar-refractivity contribution in [1.82, 2.24) is 29.5 Å². The molecule has 5 aromatic rings. The quantitative estimate of drug-likeness (QED) is 0.446. The Hall–Kier alpha value is -3.78. The zero-order valence-electron chi connectivity index (χ0n) is 15.0. The van der Waals surface area contributed by atoms with Crippen LogP contribution < -0.4 is 11.5 Å². The van der Waals surface area contributed by atoms with Crippen LogP contribution in [0.5, 0.6) is 0 Å². The van der Waals surface area contributed by atoms with E-state index in [9.17, 15) is 0 Å². The summed E-state index contributed by atoms with van der Waals surface area (Å²) in [5.41, 5.74) is 18.4. The van der Waals surface area contributed by atoms with Gasteiger partial charge in [0.15, 0.2) is 11.5 Å². The van der Waals surface area contributed by atoms with Crippen molar-refractivity contribution >= 4 is 27.9 Å². The standard InChI is InChI=1S/C20H18N8/c21-7-16-6-14-4-13(12-2-1-3-23-8-12)5-15(17(14)27-16)9-28-11-26-18-19(22)24-10-25-20(18)28/h1-6,8,10-11,27H,7,9,21H2,(H2,22,24,25). The second-order valence-electron chi connectivity index (χ2n) is 6.64. The number of aromatic nitrogens is 6. The van der Waals surface area contributed by atoms with Crippen LogP contribution in [-0.4, -0.2) is 29.5 Å². The van der Waals surface area contributed by atoms with Crippen molar-refractivity contribution < 1.29 is 0 Å². The van der Waals surface area contributed by atoms with E-state index in [1.54, 1.807) is 12.5 Å². The number of fused-ring (bicyclic) bond motifs is 2. The van der Waals surface area contributed by atoms with Crippen LogP contribution in [0, 0.1) is 0 Å². The molecule has 5 rings (SSSR count). The molecule has 0 aliphatic rings. The summed E-state index contributed by atoms with van der Waals surface area (Å²) in [4.78, 5) is 20.4. The molecule has 0 fully saturated rings. The van der Waals surface area contributed by atoms with E-state index in [1.807, 2.05) is 16.8 Å². The summed E-state index contributed by atoms with van der Waals surface area (Å²) < 4.78 is 1.97. The van der Waals surface area contributed by atoms with Gasteiger partial charge >= 0.3 is 0 Å². The lowest BCUT2D eigenvalue weighted by atomic mass is 10.0. The predicted molar refractivity (Wildman–Crippen MR) is 108 cm³/mol. The number of pyridine rings is 1. The first kappa shape index (κ1) is 16.4. The van der Waals surface area contributed by atoms with Crippen molar-refractivity contribution in [2.24, 2.45) is 5.73 Å². The van der Waals surface area contributed by atoms with Gasteiger partial charge in [-0.3, -0.25) is 4.98 Å². The summed E-state index contributed by atoms with van der Waals surface area (Å²) in [5, 5.41) is 1.11. The number of nitrogen functional groups attached to an aromatic ring is 1. The molecule has 4 heterocycles. The lowest BCUT2D eigenvalue weighted by Crippen LogP contribution is -2.02. The van der Waals surface area contributed by atoms with E-state index in [1.165, 1.54) is 6.33 Å². The Morgan fingerprint density at radius 3 is 2.82 bits per heavy atom. The molecule has 8 heteroatoms. The third kappa shape index (κ3) is 2.67. The molecule has 0 aliphatic heterocycles. The van der Waals surface area contributed by atoms with E-state index in [4.69, 9.17) is 11.5 Å². The number of benzene rings is 1. The van der Waals surface area contributed by atoms with Gasteiger partial charge in [0.25, 0.3) is 0 Å². The van der Waals surface area contributed by atoms with Crippen molar-refractivity contribution in [2.75, 3.05) is 5.73 Å². The minimum atomic E-state index is 0.378. The summed E-state index contributed by atoms with van der Waals surface area (Å²) in [7, 11) is 0. The van der Waals surface area contributed by atoms with E-state index < -0.39 is 0 Å². The Kier molecular flexibility index (Phi) is 3.77. The summed E-state index contributed by atoms with van der Waals surface area (Å²) in [6.45, 7) is 1.04. The molecule has 28 heavy (non-hydrogen) atoms. The van der Waals surface area contributed by atoms with Crippen LogP contribution in [-0.2, 0) is 13.1 Å². The highest BCUT2D eigenvalue weighted by molar-refractivity contribution is 5.89. The number of nitrogens with two attached hydrogens (primary N) is 2. The van der Waals surface area contributed by atoms with E-state index in [-0.39, 0.29) is 0 Å². The zero-order valence-corrected chi connectivity index (χ0v) is 15.0. The molecule has 0 spiro atoms. The molecular formula is C20H18N8. The van der Waals surface area contributed by atoms with Gasteiger partial charge in [-0.1, -0.05) is 6.07 Å². The van der Waals surface area contributed by atoms with Gasteiger partial charge in [-0.15, -0.1) is 0 Å².